The minimum absolute atomic E-state index is 0.0715. The van der Waals surface area contributed by atoms with Crippen LogP contribution < -0.4 is 10.5 Å². The van der Waals surface area contributed by atoms with Crippen LogP contribution in [0.5, 0.6) is 5.75 Å². The lowest BCUT2D eigenvalue weighted by Gasteiger charge is -2.35. The van der Waals surface area contributed by atoms with Gasteiger partial charge >= 0.3 is 0 Å². The number of nitrogens with one attached hydrogen (secondary N) is 1. The highest BCUT2D eigenvalue weighted by molar-refractivity contribution is 7.17. The molecule has 6 nitrogen and oxygen atoms in total. The van der Waals surface area contributed by atoms with Crippen molar-refractivity contribution in [2.75, 3.05) is 31.1 Å². The van der Waals surface area contributed by atoms with Crippen molar-refractivity contribution in [2.45, 2.75) is 6.54 Å². The molecule has 0 bridgehead atoms. The van der Waals surface area contributed by atoms with E-state index >= 15 is 0 Å². The number of aromatic amines is 1. The number of phenolic OH excluding ortho intramolecular Hbond substituents is 1. The minimum Gasteiger partial charge on any atom is -0.508 e. The van der Waals surface area contributed by atoms with E-state index in [1.165, 1.54) is 11.3 Å². The van der Waals surface area contributed by atoms with Gasteiger partial charge in [0.1, 0.15) is 16.4 Å². The Balaban J connectivity index is 1.31. The smallest absolute Gasteiger partial charge is 0.260 e. The zero-order valence-corrected chi connectivity index (χ0v) is 17.2. The minimum atomic E-state index is -0.0715. The summed E-state index contributed by atoms with van der Waals surface area (Å²) in [5.74, 6) is 0.999. The monoisotopic (exact) mass is 418 g/mol. The molecule has 0 spiro atoms. The van der Waals surface area contributed by atoms with Crippen molar-refractivity contribution < 1.29 is 5.11 Å². The Kier molecular flexibility index (Phi) is 4.98. The van der Waals surface area contributed by atoms with E-state index in [-0.39, 0.29) is 11.3 Å². The summed E-state index contributed by atoms with van der Waals surface area (Å²) in [5.41, 5.74) is 3.03. The fraction of sp³-hybridized carbons (Fsp3) is 0.217. The van der Waals surface area contributed by atoms with Crippen LogP contribution in [0.3, 0.4) is 0 Å². The second-order valence-electron chi connectivity index (χ2n) is 7.49. The molecule has 2 N–H and O–H groups in total. The van der Waals surface area contributed by atoms with Gasteiger partial charge in [-0.3, -0.25) is 9.69 Å². The lowest BCUT2D eigenvalue weighted by Crippen LogP contribution is -2.46. The zero-order chi connectivity index (χ0) is 20.5. The summed E-state index contributed by atoms with van der Waals surface area (Å²) < 4.78 is 0. The summed E-state index contributed by atoms with van der Waals surface area (Å²) >= 11 is 1.52. The van der Waals surface area contributed by atoms with Gasteiger partial charge in [0.05, 0.1) is 11.9 Å². The van der Waals surface area contributed by atoms with Crippen molar-refractivity contribution in [1.29, 1.82) is 0 Å². The summed E-state index contributed by atoms with van der Waals surface area (Å²) in [4.78, 5) is 26.0. The van der Waals surface area contributed by atoms with E-state index < -0.39 is 0 Å². The predicted molar refractivity (Wildman–Crippen MR) is 121 cm³/mol. The average Bonchev–Trinajstić information content (AvgIpc) is 3.20. The quantitative estimate of drug-likeness (QED) is 0.529. The van der Waals surface area contributed by atoms with Crippen LogP contribution in [0.4, 0.5) is 5.69 Å². The number of phenols is 1. The molecule has 0 saturated carbocycles. The number of rotatable bonds is 4. The Labute approximate surface area is 178 Å². The topological polar surface area (TPSA) is 72.5 Å². The van der Waals surface area contributed by atoms with Gasteiger partial charge in [-0.15, -0.1) is 11.3 Å². The molecule has 30 heavy (non-hydrogen) atoms. The van der Waals surface area contributed by atoms with Crippen molar-refractivity contribution in [3.63, 3.8) is 0 Å². The van der Waals surface area contributed by atoms with Crippen LogP contribution >= 0.6 is 11.3 Å². The molecular weight excluding hydrogens is 396 g/mol. The number of benzene rings is 2. The maximum absolute atomic E-state index is 12.8. The fourth-order valence-corrected chi connectivity index (χ4v) is 4.90. The van der Waals surface area contributed by atoms with Crippen LogP contribution in [0.1, 0.15) is 5.82 Å². The summed E-state index contributed by atoms with van der Waals surface area (Å²) in [5, 5.41) is 12.2. The van der Waals surface area contributed by atoms with E-state index in [0.29, 0.717) is 17.8 Å². The number of thiophene rings is 1. The largest absolute Gasteiger partial charge is 0.508 e. The lowest BCUT2D eigenvalue weighted by atomic mass is 10.1. The van der Waals surface area contributed by atoms with Gasteiger partial charge < -0.3 is 15.0 Å². The third-order valence-corrected chi connectivity index (χ3v) is 6.41. The van der Waals surface area contributed by atoms with E-state index in [2.05, 4.69) is 14.8 Å². The third kappa shape index (κ3) is 3.69. The highest BCUT2D eigenvalue weighted by atomic mass is 32.1. The van der Waals surface area contributed by atoms with Crippen LogP contribution in [0.2, 0.25) is 0 Å². The Bertz CT molecular complexity index is 1210. The molecule has 1 saturated heterocycles. The normalized spacial score (nSPS) is 15.0. The molecule has 1 aliphatic heterocycles. The number of fused-ring (bicyclic) bond motifs is 1. The number of hydrogen-bond acceptors (Lipinski definition) is 6. The number of H-pyrrole nitrogens is 1. The molecule has 4 aromatic rings. The van der Waals surface area contributed by atoms with Crippen molar-refractivity contribution in [1.82, 2.24) is 14.9 Å². The average molecular weight is 419 g/mol. The first-order valence-corrected chi connectivity index (χ1v) is 10.9. The van der Waals surface area contributed by atoms with E-state index in [9.17, 15) is 9.90 Å². The van der Waals surface area contributed by atoms with Crippen molar-refractivity contribution in [3.8, 4) is 16.9 Å². The van der Waals surface area contributed by atoms with E-state index in [4.69, 9.17) is 4.98 Å². The van der Waals surface area contributed by atoms with Gasteiger partial charge in [-0.25, -0.2) is 4.98 Å². The molecule has 0 atom stereocenters. The van der Waals surface area contributed by atoms with Gasteiger partial charge in [0.2, 0.25) is 0 Å². The third-order valence-electron chi connectivity index (χ3n) is 5.54. The van der Waals surface area contributed by atoms with Crippen LogP contribution in [0.25, 0.3) is 21.3 Å². The Morgan fingerprint density at radius 2 is 1.73 bits per heavy atom. The van der Waals surface area contributed by atoms with Crippen molar-refractivity contribution >= 4 is 27.2 Å². The van der Waals surface area contributed by atoms with Gasteiger partial charge in [-0.2, -0.15) is 0 Å². The fourth-order valence-electron chi connectivity index (χ4n) is 3.94. The van der Waals surface area contributed by atoms with Crippen LogP contribution in [-0.4, -0.2) is 46.2 Å². The molecule has 7 heteroatoms. The van der Waals surface area contributed by atoms with Gasteiger partial charge in [-0.1, -0.05) is 30.3 Å². The SMILES string of the molecule is O=c1[nH]c(CN2CCN(c3ccc(O)cc3)CC2)nc2scc(-c3ccccc3)c12. The second-order valence-corrected chi connectivity index (χ2v) is 8.35. The first kappa shape index (κ1) is 18.8. The van der Waals surface area contributed by atoms with Gasteiger partial charge in [0, 0.05) is 42.8 Å². The Morgan fingerprint density at radius 3 is 2.47 bits per heavy atom. The molecule has 3 heterocycles. The van der Waals surface area contributed by atoms with E-state index in [1.807, 2.05) is 47.8 Å². The molecule has 0 unspecified atom stereocenters. The summed E-state index contributed by atoms with van der Waals surface area (Å²) in [6.45, 7) is 4.21. The van der Waals surface area contributed by atoms with Crippen LogP contribution in [0, 0.1) is 0 Å². The number of aromatic hydroxyl groups is 1. The highest BCUT2D eigenvalue weighted by Crippen LogP contribution is 2.30. The Hall–Kier alpha value is -3.16. The van der Waals surface area contributed by atoms with E-state index in [0.717, 1.165) is 47.8 Å². The van der Waals surface area contributed by atoms with Crippen molar-refractivity contribution in [2.24, 2.45) is 0 Å². The number of anilines is 1. The van der Waals surface area contributed by atoms with Crippen LogP contribution in [-0.2, 0) is 6.54 Å². The number of aromatic nitrogens is 2. The summed E-state index contributed by atoms with van der Waals surface area (Å²) in [6.07, 6.45) is 0. The summed E-state index contributed by atoms with van der Waals surface area (Å²) in [6, 6.07) is 17.3. The maximum Gasteiger partial charge on any atom is 0.260 e. The van der Waals surface area contributed by atoms with Gasteiger partial charge in [0.15, 0.2) is 0 Å². The molecule has 152 valence electrons. The zero-order valence-electron chi connectivity index (χ0n) is 16.4. The first-order chi connectivity index (χ1) is 14.7. The maximum atomic E-state index is 12.8. The first-order valence-electron chi connectivity index (χ1n) is 9.99. The number of nitrogens with zero attached hydrogens (tertiary/aromatic N) is 3. The molecule has 5 rings (SSSR count). The summed E-state index contributed by atoms with van der Waals surface area (Å²) in [7, 11) is 0. The van der Waals surface area contributed by atoms with Gasteiger partial charge in [0.25, 0.3) is 5.56 Å². The molecule has 0 amide bonds. The van der Waals surface area contributed by atoms with Crippen LogP contribution in [0.15, 0.2) is 64.8 Å². The number of piperazine rings is 1. The standard InChI is InChI=1S/C23H22N4O2S/c28-18-8-6-17(7-9-18)27-12-10-26(11-13-27)14-20-24-22(29)21-19(15-30-23(21)25-20)16-4-2-1-3-5-16/h1-9,15,28H,10-14H2,(H,24,25,29). The Morgan fingerprint density at radius 1 is 1.00 bits per heavy atom. The van der Waals surface area contributed by atoms with E-state index in [1.54, 1.807) is 12.1 Å². The molecule has 0 aliphatic carbocycles. The van der Waals surface area contributed by atoms with Gasteiger partial charge in [-0.05, 0) is 29.8 Å². The molecule has 2 aromatic heterocycles. The number of hydrogen-bond donors (Lipinski definition) is 2. The molecule has 1 aliphatic rings. The highest BCUT2D eigenvalue weighted by Gasteiger charge is 2.19. The predicted octanol–water partition coefficient (Wildman–Crippen LogP) is 3.68. The molecular formula is C23H22N4O2S. The lowest BCUT2D eigenvalue weighted by molar-refractivity contribution is 0.244. The van der Waals surface area contributed by atoms with Crippen molar-refractivity contribution in [3.05, 3.63) is 76.2 Å². The molecule has 2 aromatic carbocycles. The molecule has 1 fully saturated rings. The second kappa shape index (κ2) is 7.93. The molecule has 0 radical (unpaired) electrons.